The maximum Gasteiger partial charge on any atom is 0.293 e. The zero-order chi connectivity index (χ0) is 21.8. The Balaban J connectivity index is 1.55. The Morgan fingerprint density at radius 2 is 1.93 bits per heavy atom. The molecule has 1 saturated heterocycles. The third-order valence-corrected chi connectivity index (χ3v) is 6.07. The number of phenols is 2. The molecule has 3 rings (SSSR count). The molecule has 0 radical (unpaired) electrons. The summed E-state index contributed by atoms with van der Waals surface area (Å²) in [7, 11) is 1.44. The van der Waals surface area contributed by atoms with Crippen molar-refractivity contribution in [3.63, 3.8) is 0 Å². The van der Waals surface area contributed by atoms with E-state index in [0.29, 0.717) is 4.91 Å². The fourth-order valence-electron chi connectivity index (χ4n) is 2.69. The van der Waals surface area contributed by atoms with Crippen LogP contribution in [0.2, 0.25) is 0 Å². The summed E-state index contributed by atoms with van der Waals surface area (Å²) in [6.07, 6.45) is 1.53. The van der Waals surface area contributed by atoms with Gasteiger partial charge in [-0.3, -0.25) is 24.1 Å². The van der Waals surface area contributed by atoms with Crippen molar-refractivity contribution in [1.29, 1.82) is 0 Å². The summed E-state index contributed by atoms with van der Waals surface area (Å²) in [6, 6.07) is 7.33. The number of hydrogen-bond acceptors (Lipinski definition) is 8. The number of ketones is 1. The van der Waals surface area contributed by atoms with Crippen LogP contribution in [-0.4, -0.2) is 63.0 Å². The lowest BCUT2D eigenvalue weighted by atomic mass is 10.1. The van der Waals surface area contributed by atoms with Crippen molar-refractivity contribution in [3.8, 4) is 11.5 Å². The average molecular weight is 447 g/mol. The lowest BCUT2D eigenvalue weighted by Crippen LogP contribution is -2.36. The fourth-order valence-corrected chi connectivity index (χ4v) is 4.27. The minimum absolute atomic E-state index is 0.0796. The maximum atomic E-state index is 12.4. The molecule has 2 heterocycles. The highest BCUT2D eigenvalue weighted by molar-refractivity contribution is 8.18. The quantitative estimate of drug-likeness (QED) is 0.382. The number of carbonyl (C=O) groups excluding carboxylic acids is 4. The summed E-state index contributed by atoms with van der Waals surface area (Å²) in [6.45, 7) is -0.326. The van der Waals surface area contributed by atoms with E-state index < -0.39 is 28.6 Å². The van der Waals surface area contributed by atoms with Gasteiger partial charge in [0.1, 0.15) is 0 Å². The fraction of sp³-hybridized carbons (Fsp3) is 0.200. The standard InChI is InChI=1S/C20H18N2O6S2/c1-21(11-16(25)12-4-5-14(23)15(24)9-12)18(26)6-7-22-19(27)17(30-20(22)28)10-13-3-2-8-29-13/h2-5,8-10,23-24H,6-7,11H2,1H3/b17-10-. The van der Waals surface area contributed by atoms with E-state index in [9.17, 15) is 29.4 Å². The molecule has 0 atom stereocenters. The number of amides is 3. The molecule has 30 heavy (non-hydrogen) atoms. The first kappa shape index (κ1) is 21.6. The van der Waals surface area contributed by atoms with Crippen molar-refractivity contribution in [2.75, 3.05) is 20.1 Å². The predicted octanol–water partition coefficient (Wildman–Crippen LogP) is 2.93. The van der Waals surface area contributed by atoms with Gasteiger partial charge in [-0.1, -0.05) is 6.07 Å². The van der Waals surface area contributed by atoms with Crippen LogP contribution in [0.3, 0.4) is 0 Å². The molecular weight excluding hydrogens is 428 g/mol. The van der Waals surface area contributed by atoms with E-state index in [1.807, 2.05) is 17.5 Å². The number of hydrogen-bond donors (Lipinski definition) is 2. The van der Waals surface area contributed by atoms with Crippen molar-refractivity contribution in [2.24, 2.45) is 0 Å². The van der Waals surface area contributed by atoms with Crippen LogP contribution in [0, 0.1) is 0 Å². The maximum absolute atomic E-state index is 12.4. The Labute approximate surface area is 180 Å². The largest absolute Gasteiger partial charge is 0.504 e. The highest BCUT2D eigenvalue weighted by Gasteiger charge is 2.35. The summed E-state index contributed by atoms with van der Waals surface area (Å²) in [5.74, 6) is -2.05. The van der Waals surface area contributed by atoms with E-state index in [-0.39, 0.29) is 30.8 Å². The average Bonchev–Trinajstić information content (AvgIpc) is 3.30. The molecule has 1 aliphatic heterocycles. The molecule has 0 saturated carbocycles. The molecule has 1 fully saturated rings. The van der Waals surface area contributed by atoms with Crippen LogP contribution in [0.4, 0.5) is 4.79 Å². The molecule has 10 heteroatoms. The van der Waals surface area contributed by atoms with Crippen LogP contribution in [-0.2, 0) is 9.59 Å². The summed E-state index contributed by atoms with van der Waals surface area (Å²) in [5, 5.41) is 20.2. The second kappa shape index (κ2) is 9.14. The molecule has 156 valence electrons. The number of rotatable bonds is 7. The second-order valence-corrected chi connectivity index (χ2v) is 8.45. The van der Waals surface area contributed by atoms with Crippen LogP contribution in [0.1, 0.15) is 21.7 Å². The highest BCUT2D eigenvalue weighted by atomic mass is 32.2. The van der Waals surface area contributed by atoms with Crippen molar-refractivity contribution in [1.82, 2.24) is 9.80 Å². The molecule has 3 amide bonds. The van der Waals surface area contributed by atoms with Gasteiger partial charge in [-0.05, 0) is 47.5 Å². The lowest BCUT2D eigenvalue weighted by molar-refractivity contribution is -0.130. The van der Waals surface area contributed by atoms with Gasteiger partial charge in [0.05, 0.1) is 11.4 Å². The number of aromatic hydroxyl groups is 2. The van der Waals surface area contributed by atoms with Crippen LogP contribution >= 0.6 is 23.1 Å². The van der Waals surface area contributed by atoms with E-state index in [0.717, 1.165) is 27.6 Å². The Hall–Kier alpha value is -3.11. The van der Waals surface area contributed by atoms with Gasteiger partial charge in [-0.25, -0.2) is 0 Å². The van der Waals surface area contributed by atoms with E-state index in [1.54, 1.807) is 6.08 Å². The summed E-state index contributed by atoms with van der Waals surface area (Å²) in [5.41, 5.74) is 0.148. The molecule has 0 unspecified atom stereocenters. The Morgan fingerprint density at radius 3 is 2.60 bits per heavy atom. The zero-order valence-electron chi connectivity index (χ0n) is 15.9. The summed E-state index contributed by atoms with van der Waals surface area (Å²) < 4.78 is 0. The highest BCUT2D eigenvalue weighted by Crippen LogP contribution is 2.33. The van der Waals surface area contributed by atoms with Crippen molar-refractivity contribution >= 4 is 52.0 Å². The van der Waals surface area contributed by atoms with E-state index in [4.69, 9.17) is 0 Å². The van der Waals surface area contributed by atoms with Gasteiger partial charge < -0.3 is 15.1 Å². The zero-order valence-corrected chi connectivity index (χ0v) is 17.5. The number of thiophene rings is 1. The Bertz CT molecular complexity index is 1030. The number of thioether (sulfide) groups is 1. The third kappa shape index (κ3) is 4.89. The number of carbonyl (C=O) groups is 4. The topological polar surface area (TPSA) is 115 Å². The second-order valence-electron chi connectivity index (χ2n) is 6.48. The summed E-state index contributed by atoms with van der Waals surface area (Å²) >= 11 is 2.28. The first-order valence-corrected chi connectivity index (χ1v) is 10.5. The molecule has 1 aromatic carbocycles. The molecule has 0 aliphatic carbocycles. The monoisotopic (exact) mass is 446 g/mol. The van der Waals surface area contributed by atoms with E-state index in [2.05, 4.69) is 0 Å². The third-order valence-electron chi connectivity index (χ3n) is 4.34. The van der Waals surface area contributed by atoms with Crippen molar-refractivity contribution in [2.45, 2.75) is 6.42 Å². The molecular formula is C20H18N2O6S2. The Kier molecular flexibility index (Phi) is 6.58. The first-order valence-electron chi connectivity index (χ1n) is 8.84. The van der Waals surface area contributed by atoms with E-state index in [1.165, 1.54) is 35.4 Å². The van der Waals surface area contributed by atoms with Crippen LogP contribution in [0.5, 0.6) is 11.5 Å². The minimum Gasteiger partial charge on any atom is -0.504 e. The first-order chi connectivity index (χ1) is 14.3. The lowest BCUT2D eigenvalue weighted by Gasteiger charge is -2.18. The SMILES string of the molecule is CN(CC(=O)c1ccc(O)c(O)c1)C(=O)CCN1C(=O)S/C(=C\c2cccs2)C1=O. The Morgan fingerprint density at radius 1 is 1.17 bits per heavy atom. The van der Waals surface area contributed by atoms with Gasteiger partial charge >= 0.3 is 0 Å². The molecule has 8 nitrogen and oxygen atoms in total. The van der Waals surface area contributed by atoms with Crippen molar-refractivity contribution in [3.05, 3.63) is 51.1 Å². The summed E-state index contributed by atoms with van der Waals surface area (Å²) in [4.78, 5) is 52.6. The molecule has 2 aromatic rings. The van der Waals surface area contributed by atoms with E-state index >= 15 is 0 Å². The molecule has 1 aliphatic rings. The number of benzene rings is 1. The number of Topliss-reactive ketones (excluding diaryl/α,β-unsaturated/α-hetero) is 1. The van der Waals surface area contributed by atoms with Gasteiger partial charge in [-0.15, -0.1) is 11.3 Å². The van der Waals surface area contributed by atoms with Crippen LogP contribution < -0.4 is 0 Å². The molecule has 0 spiro atoms. The normalized spacial score (nSPS) is 15.1. The molecule has 0 bridgehead atoms. The number of imide groups is 1. The predicted molar refractivity (Wildman–Crippen MR) is 113 cm³/mol. The number of nitrogens with zero attached hydrogens (tertiary/aromatic N) is 2. The smallest absolute Gasteiger partial charge is 0.293 e. The van der Waals surface area contributed by atoms with Gasteiger partial charge in [0.25, 0.3) is 11.1 Å². The molecule has 1 aromatic heterocycles. The van der Waals surface area contributed by atoms with Gasteiger partial charge in [0, 0.05) is 30.5 Å². The van der Waals surface area contributed by atoms with Crippen molar-refractivity contribution < 1.29 is 29.4 Å². The van der Waals surface area contributed by atoms with Gasteiger partial charge in [0.2, 0.25) is 5.91 Å². The van der Waals surface area contributed by atoms with Crippen LogP contribution in [0.15, 0.2) is 40.6 Å². The van der Waals surface area contributed by atoms with Gasteiger partial charge in [-0.2, -0.15) is 0 Å². The van der Waals surface area contributed by atoms with Gasteiger partial charge in [0.15, 0.2) is 17.3 Å². The number of phenolic OH excluding ortho intramolecular Hbond substituents is 2. The van der Waals surface area contributed by atoms with Crippen LogP contribution in [0.25, 0.3) is 6.08 Å². The minimum atomic E-state index is -0.440. The molecule has 2 N–H and O–H groups in total. The number of likely N-dealkylation sites (N-methyl/N-ethyl adjacent to an activating group) is 1.